The smallest absolute Gasteiger partial charge is 0.234 e. The van der Waals surface area contributed by atoms with Crippen molar-refractivity contribution in [2.24, 2.45) is 0 Å². The fraction of sp³-hybridized carbons (Fsp3) is 0.176. The van der Waals surface area contributed by atoms with Gasteiger partial charge in [-0.05, 0) is 37.6 Å². The number of rotatable bonds is 3. The minimum absolute atomic E-state index is 0.0347. The van der Waals surface area contributed by atoms with Gasteiger partial charge < -0.3 is 5.32 Å². The molecular weight excluding hydrogens is 262 g/mol. The van der Waals surface area contributed by atoms with Crippen LogP contribution in [0, 0.1) is 0 Å². The summed E-state index contributed by atoms with van der Waals surface area (Å²) in [7, 11) is 0. The Bertz CT molecular complexity index is 775. The minimum Gasteiger partial charge on any atom is -0.325 e. The Balaban J connectivity index is 1.85. The normalized spacial score (nSPS) is 11.5. The summed E-state index contributed by atoms with van der Waals surface area (Å²) in [6.07, 6.45) is 1.76. The molecule has 0 unspecified atom stereocenters. The SMILES string of the molecule is CC(C)(C(=O)Nc1ccc2cn[nH]c2c1)c1ccccc1. The van der Waals surface area contributed by atoms with Crippen LogP contribution in [0.25, 0.3) is 10.9 Å². The van der Waals surface area contributed by atoms with Gasteiger partial charge in [-0.25, -0.2) is 0 Å². The molecule has 0 aliphatic heterocycles. The van der Waals surface area contributed by atoms with Crippen LogP contribution in [0.4, 0.5) is 5.69 Å². The highest BCUT2D eigenvalue weighted by Crippen LogP contribution is 2.25. The van der Waals surface area contributed by atoms with Gasteiger partial charge in [0.15, 0.2) is 0 Å². The molecule has 1 amide bonds. The van der Waals surface area contributed by atoms with Crippen LogP contribution in [0.15, 0.2) is 54.7 Å². The number of H-pyrrole nitrogens is 1. The van der Waals surface area contributed by atoms with E-state index in [9.17, 15) is 4.79 Å². The maximum Gasteiger partial charge on any atom is 0.234 e. The molecule has 0 atom stereocenters. The Morgan fingerprint density at radius 1 is 1.14 bits per heavy atom. The van der Waals surface area contributed by atoms with E-state index in [1.54, 1.807) is 6.20 Å². The lowest BCUT2D eigenvalue weighted by Crippen LogP contribution is -2.34. The quantitative estimate of drug-likeness (QED) is 0.771. The maximum absolute atomic E-state index is 12.6. The molecule has 4 heteroatoms. The summed E-state index contributed by atoms with van der Waals surface area (Å²) < 4.78 is 0. The van der Waals surface area contributed by atoms with E-state index in [1.807, 2.05) is 62.4 Å². The lowest BCUT2D eigenvalue weighted by Gasteiger charge is -2.24. The number of carbonyl (C=O) groups excluding carboxylic acids is 1. The third-order valence-corrected chi connectivity index (χ3v) is 3.76. The lowest BCUT2D eigenvalue weighted by molar-refractivity contribution is -0.120. The first-order valence-electron chi connectivity index (χ1n) is 6.87. The number of anilines is 1. The van der Waals surface area contributed by atoms with Crippen LogP contribution < -0.4 is 5.32 Å². The van der Waals surface area contributed by atoms with Crippen LogP contribution in [-0.4, -0.2) is 16.1 Å². The average molecular weight is 279 g/mol. The molecule has 4 nitrogen and oxygen atoms in total. The molecule has 0 saturated heterocycles. The van der Waals surface area contributed by atoms with Crippen LogP contribution in [-0.2, 0) is 10.2 Å². The van der Waals surface area contributed by atoms with Gasteiger partial charge in [0.2, 0.25) is 5.91 Å². The van der Waals surface area contributed by atoms with E-state index in [1.165, 1.54) is 0 Å². The number of nitrogens with one attached hydrogen (secondary N) is 2. The zero-order chi connectivity index (χ0) is 14.9. The van der Waals surface area contributed by atoms with Crippen molar-refractivity contribution in [3.05, 3.63) is 60.3 Å². The monoisotopic (exact) mass is 279 g/mol. The molecule has 1 heterocycles. The number of benzene rings is 2. The topological polar surface area (TPSA) is 57.8 Å². The van der Waals surface area contributed by atoms with Crippen molar-refractivity contribution < 1.29 is 4.79 Å². The Labute approximate surface area is 123 Å². The number of nitrogens with zero attached hydrogens (tertiary/aromatic N) is 1. The highest BCUT2D eigenvalue weighted by atomic mass is 16.2. The van der Waals surface area contributed by atoms with Crippen LogP contribution in [0.2, 0.25) is 0 Å². The molecule has 21 heavy (non-hydrogen) atoms. The van der Waals surface area contributed by atoms with E-state index in [2.05, 4.69) is 15.5 Å². The number of aromatic nitrogens is 2. The molecule has 3 aromatic rings. The molecule has 3 rings (SSSR count). The van der Waals surface area contributed by atoms with E-state index in [4.69, 9.17) is 0 Å². The molecule has 0 aliphatic rings. The number of aromatic amines is 1. The highest BCUT2D eigenvalue weighted by molar-refractivity contribution is 5.99. The molecule has 0 radical (unpaired) electrons. The van der Waals surface area contributed by atoms with Gasteiger partial charge in [-0.2, -0.15) is 5.10 Å². The van der Waals surface area contributed by atoms with Gasteiger partial charge in [-0.1, -0.05) is 30.3 Å². The van der Waals surface area contributed by atoms with Crippen LogP contribution >= 0.6 is 0 Å². The summed E-state index contributed by atoms with van der Waals surface area (Å²) in [5.74, 6) is -0.0347. The number of carbonyl (C=O) groups is 1. The predicted octanol–water partition coefficient (Wildman–Crippen LogP) is 3.48. The molecule has 0 saturated carbocycles. The van der Waals surface area contributed by atoms with Crippen LogP contribution in [0.1, 0.15) is 19.4 Å². The van der Waals surface area contributed by atoms with Crippen molar-refractivity contribution in [2.45, 2.75) is 19.3 Å². The molecule has 0 fully saturated rings. The van der Waals surface area contributed by atoms with E-state index in [-0.39, 0.29) is 5.91 Å². The molecule has 106 valence electrons. The summed E-state index contributed by atoms with van der Waals surface area (Å²) in [5.41, 5.74) is 2.07. The Morgan fingerprint density at radius 3 is 2.67 bits per heavy atom. The third kappa shape index (κ3) is 2.52. The fourth-order valence-electron chi connectivity index (χ4n) is 2.29. The fourth-order valence-corrected chi connectivity index (χ4v) is 2.29. The second-order valence-electron chi connectivity index (χ2n) is 5.62. The molecule has 2 aromatic carbocycles. The first kappa shape index (κ1) is 13.4. The van der Waals surface area contributed by atoms with Crippen molar-refractivity contribution in [1.29, 1.82) is 0 Å². The highest BCUT2D eigenvalue weighted by Gasteiger charge is 2.29. The average Bonchev–Trinajstić information content (AvgIpc) is 2.95. The van der Waals surface area contributed by atoms with Gasteiger partial charge in [0, 0.05) is 11.1 Å². The molecule has 1 aromatic heterocycles. The summed E-state index contributed by atoms with van der Waals surface area (Å²) in [5, 5.41) is 10.9. The van der Waals surface area contributed by atoms with E-state index in [0.29, 0.717) is 0 Å². The first-order chi connectivity index (χ1) is 10.1. The molecular formula is C17H17N3O. The van der Waals surface area contributed by atoms with E-state index < -0.39 is 5.41 Å². The van der Waals surface area contributed by atoms with Gasteiger partial charge in [0.05, 0.1) is 17.1 Å². The zero-order valence-electron chi connectivity index (χ0n) is 12.1. The standard InChI is InChI=1S/C17H17N3O/c1-17(2,13-6-4-3-5-7-13)16(21)19-14-9-8-12-11-18-20-15(12)10-14/h3-11H,1-2H3,(H,18,20)(H,19,21). The number of amides is 1. The van der Waals surface area contributed by atoms with Gasteiger partial charge in [-0.3, -0.25) is 9.89 Å². The van der Waals surface area contributed by atoms with Gasteiger partial charge in [0.25, 0.3) is 0 Å². The van der Waals surface area contributed by atoms with Gasteiger partial charge in [0.1, 0.15) is 0 Å². The Morgan fingerprint density at radius 2 is 1.90 bits per heavy atom. The second-order valence-corrected chi connectivity index (χ2v) is 5.62. The summed E-state index contributed by atoms with van der Waals surface area (Å²) in [6.45, 7) is 3.85. The van der Waals surface area contributed by atoms with E-state index in [0.717, 1.165) is 22.2 Å². The van der Waals surface area contributed by atoms with Crippen molar-refractivity contribution in [3.63, 3.8) is 0 Å². The van der Waals surface area contributed by atoms with Crippen molar-refractivity contribution in [2.75, 3.05) is 5.32 Å². The molecule has 0 aliphatic carbocycles. The van der Waals surface area contributed by atoms with Gasteiger partial charge >= 0.3 is 0 Å². The van der Waals surface area contributed by atoms with Crippen molar-refractivity contribution >= 4 is 22.5 Å². The van der Waals surface area contributed by atoms with Crippen LogP contribution in [0.5, 0.6) is 0 Å². The maximum atomic E-state index is 12.6. The Kier molecular flexibility index (Phi) is 3.22. The van der Waals surface area contributed by atoms with Crippen molar-refractivity contribution in [3.8, 4) is 0 Å². The number of hydrogen-bond donors (Lipinski definition) is 2. The predicted molar refractivity (Wildman–Crippen MR) is 84.2 cm³/mol. The summed E-state index contributed by atoms with van der Waals surface area (Å²) >= 11 is 0. The van der Waals surface area contributed by atoms with E-state index >= 15 is 0 Å². The first-order valence-corrected chi connectivity index (χ1v) is 6.87. The number of fused-ring (bicyclic) bond motifs is 1. The number of hydrogen-bond acceptors (Lipinski definition) is 2. The molecule has 0 spiro atoms. The van der Waals surface area contributed by atoms with Crippen molar-refractivity contribution in [1.82, 2.24) is 10.2 Å². The summed E-state index contributed by atoms with van der Waals surface area (Å²) in [6, 6.07) is 15.5. The molecule has 2 N–H and O–H groups in total. The zero-order valence-corrected chi connectivity index (χ0v) is 12.1. The Hall–Kier alpha value is -2.62. The van der Waals surface area contributed by atoms with Crippen LogP contribution in [0.3, 0.4) is 0 Å². The lowest BCUT2D eigenvalue weighted by atomic mass is 9.83. The summed E-state index contributed by atoms with van der Waals surface area (Å²) in [4.78, 5) is 12.6. The minimum atomic E-state index is -0.593. The van der Waals surface area contributed by atoms with Gasteiger partial charge in [-0.15, -0.1) is 0 Å². The second kappa shape index (κ2) is 5.05. The molecule has 0 bridgehead atoms. The largest absolute Gasteiger partial charge is 0.325 e. The third-order valence-electron chi connectivity index (χ3n) is 3.76.